The molecule has 1 heterocycles. The van der Waals surface area contributed by atoms with Crippen molar-refractivity contribution < 1.29 is 53.0 Å². The summed E-state index contributed by atoms with van der Waals surface area (Å²) < 4.78 is 143. The highest BCUT2D eigenvalue weighted by Gasteiger charge is 2.62. The van der Waals surface area contributed by atoms with E-state index in [1.54, 1.807) is 0 Å². The molecule has 13 heteroatoms. The number of nitrogens with zero attached hydrogens (tertiary/aromatic N) is 1. The van der Waals surface area contributed by atoms with Gasteiger partial charge in [0.2, 0.25) is 5.67 Å². The molecule has 0 aromatic carbocycles. The maximum Gasteiger partial charge on any atom is 0.426 e. The molecule has 0 N–H and O–H groups in total. The van der Waals surface area contributed by atoms with Crippen molar-refractivity contribution in [1.29, 1.82) is 0 Å². The van der Waals surface area contributed by atoms with Gasteiger partial charge in [-0.15, -0.1) is 0 Å². The van der Waals surface area contributed by atoms with Crippen LogP contribution in [0.4, 0.5) is 48.3 Å². The standard InChI is InChI=1S/C10H10F11NO/c1-7(12,10(19,20)21)6(11)22-2-4(8(13,14)15)23-5(3-22)9(16,17)18/h4-6H,2-3H2,1H3. The maximum absolute atomic E-state index is 13.7. The lowest BCUT2D eigenvalue weighted by molar-refractivity contribution is -0.324. The van der Waals surface area contributed by atoms with Crippen LogP contribution < -0.4 is 0 Å². The zero-order chi connectivity index (χ0) is 18.4. The summed E-state index contributed by atoms with van der Waals surface area (Å²) in [7, 11) is 0. The highest BCUT2D eigenvalue weighted by Crippen LogP contribution is 2.41. The zero-order valence-corrected chi connectivity index (χ0v) is 11.2. The minimum atomic E-state index is -5.83. The first-order chi connectivity index (χ1) is 9.98. The average molecular weight is 369 g/mol. The first-order valence-electron chi connectivity index (χ1n) is 5.90. The topological polar surface area (TPSA) is 12.5 Å². The Kier molecular flexibility index (Phi) is 5.18. The molecule has 0 spiro atoms. The van der Waals surface area contributed by atoms with Crippen molar-refractivity contribution >= 4 is 0 Å². The van der Waals surface area contributed by atoms with Crippen molar-refractivity contribution in [3.8, 4) is 0 Å². The van der Waals surface area contributed by atoms with Crippen LogP contribution in [-0.2, 0) is 4.74 Å². The van der Waals surface area contributed by atoms with Crippen LogP contribution in [0.3, 0.4) is 0 Å². The molecule has 1 aliphatic heterocycles. The summed E-state index contributed by atoms with van der Waals surface area (Å²) in [6.07, 6.45) is -26.8. The Labute approximate surface area is 122 Å². The van der Waals surface area contributed by atoms with Crippen LogP contribution in [0.2, 0.25) is 0 Å². The van der Waals surface area contributed by atoms with Gasteiger partial charge < -0.3 is 4.74 Å². The Morgan fingerprint density at radius 1 is 0.826 bits per heavy atom. The molecule has 0 aliphatic carbocycles. The van der Waals surface area contributed by atoms with Gasteiger partial charge in [0.25, 0.3) is 0 Å². The smallest absolute Gasteiger partial charge is 0.353 e. The maximum atomic E-state index is 13.7. The number of hydrogen-bond acceptors (Lipinski definition) is 2. The predicted molar refractivity (Wildman–Crippen MR) is 52.8 cm³/mol. The quantitative estimate of drug-likeness (QED) is 0.543. The van der Waals surface area contributed by atoms with E-state index in [0.29, 0.717) is 0 Å². The Morgan fingerprint density at radius 3 is 1.43 bits per heavy atom. The van der Waals surface area contributed by atoms with E-state index in [4.69, 9.17) is 0 Å². The highest BCUT2D eigenvalue weighted by atomic mass is 19.4. The van der Waals surface area contributed by atoms with E-state index in [-0.39, 0.29) is 6.92 Å². The lowest BCUT2D eigenvalue weighted by Crippen LogP contribution is -2.63. The number of hydrogen-bond donors (Lipinski definition) is 0. The number of halogens is 11. The molecule has 0 amide bonds. The van der Waals surface area contributed by atoms with Crippen LogP contribution in [0.25, 0.3) is 0 Å². The fourth-order valence-electron chi connectivity index (χ4n) is 1.81. The van der Waals surface area contributed by atoms with Gasteiger partial charge >= 0.3 is 18.5 Å². The normalized spacial score (nSPS) is 29.2. The third-order valence-electron chi connectivity index (χ3n) is 3.18. The lowest BCUT2D eigenvalue weighted by atomic mass is 10.0. The second-order valence-electron chi connectivity index (χ2n) is 5.06. The largest absolute Gasteiger partial charge is 0.426 e. The van der Waals surface area contributed by atoms with E-state index < -0.39 is 60.7 Å². The van der Waals surface area contributed by atoms with Gasteiger partial charge in [0.15, 0.2) is 18.5 Å². The Hall–Kier alpha value is -0.850. The third-order valence-corrected chi connectivity index (χ3v) is 3.18. The van der Waals surface area contributed by atoms with Gasteiger partial charge in [-0.3, -0.25) is 4.90 Å². The second kappa shape index (κ2) is 5.90. The number of rotatable bonds is 2. The van der Waals surface area contributed by atoms with Crippen molar-refractivity contribution in [2.24, 2.45) is 0 Å². The first kappa shape index (κ1) is 20.2. The predicted octanol–water partition coefficient (Wildman–Crippen LogP) is 3.77. The van der Waals surface area contributed by atoms with Crippen LogP contribution in [0, 0.1) is 0 Å². The summed E-state index contributed by atoms with van der Waals surface area (Å²) in [5, 5.41) is 0. The molecule has 0 aromatic heterocycles. The molecule has 1 saturated heterocycles. The Balaban J connectivity index is 3.09. The van der Waals surface area contributed by atoms with Gasteiger partial charge in [-0.05, 0) is 6.92 Å². The van der Waals surface area contributed by atoms with Crippen LogP contribution in [-0.4, -0.2) is 60.7 Å². The molecule has 0 bridgehead atoms. The molecule has 23 heavy (non-hydrogen) atoms. The van der Waals surface area contributed by atoms with Crippen LogP contribution >= 0.6 is 0 Å². The minimum absolute atomic E-state index is 0.307. The minimum Gasteiger partial charge on any atom is -0.353 e. The van der Waals surface area contributed by atoms with Crippen molar-refractivity contribution in [3.05, 3.63) is 0 Å². The molecule has 138 valence electrons. The molecule has 2 nitrogen and oxygen atoms in total. The fourth-order valence-corrected chi connectivity index (χ4v) is 1.81. The lowest BCUT2D eigenvalue weighted by Gasteiger charge is -2.43. The van der Waals surface area contributed by atoms with E-state index in [0.717, 1.165) is 0 Å². The average Bonchev–Trinajstić information content (AvgIpc) is 2.33. The van der Waals surface area contributed by atoms with E-state index in [1.807, 2.05) is 0 Å². The van der Waals surface area contributed by atoms with Crippen LogP contribution in [0.1, 0.15) is 6.92 Å². The molecule has 1 fully saturated rings. The molecular weight excluding hydrogens is 359 g/mol. The molecule has 4 atom stereocenters. The van der Waals surface area contributed by atoms with E-state index >= 15 is 0 Å². The molecule has 1 rings (SSSR count). The summed E-state index contributed by atoms with van der Waals surface area (Å²) in [6.45, 7) is -3.71. The SMILES string of the molecule is CC(F)(C(F)N1CC(C(F)(F)F)OC(C(F)(F)F)C1)C(F)(F)F. The monoisotopic (exact) mass is 369 g/mol. The zero-order valence-electron chi connectivity index (χ0n) is 11.2. The molecule has 0 radical (unpaired) electrons. The van der Waals surface area contributed by atoms with Crippen molar-refractivity contribution in [3.63, 3.8) is 0 Å². The van der Waals surface area contributed by atoms with Gasteiger partial charge in [0.1, 0.15) is 0 Å². The van der Waals surface area contributed by atoms with Crippen molar-refractivity contribution in [2.75, 3.05) is 13.1 Å². The summed E-state index contributed by atoms with van der Waals surface area (Å²) in [4.78, 5) is -0.507. The van der Waals surface area contributed by atoms with E-state index in [2.05, 4.69) is 4.74 Å². The van der Waals surface area contributed by atoms with E-state index in [1.165, 1.54) is 0 Å². The Bertz CT molecular complexity index is 391. The van der Waals surface area contributed by atoms with E-state index in [9.17, 15) is 48.3 Å². The molecule has 0 aromatic rings. The first-order valence-corrected chi connectivity index (χ1v) is 5.90. The molecule has 1 aliphatic rings. The van der Waals surface area contributed by atoms with Crippen molar-refractivity contribution in [1.82, 2.24) is 4.90 Å². The van der Waals surface area contributed by atoms with Crippen molar-refractivity contribution in [2.45, 2.75) is 49.6 Å². The summed E-state index contributed by atoms with van der Waals surface area (Å²) in [5.41, 5.74) is -4.66. The number of morpholine rings is 1. The molecule has 4 unspecified atom stereocenters. The number of alkyl halides is 11. The molecular formula is C10H10F11NO. The Morgan fingerprint density at radius 2 is 1.17 bits per heavy atom. The van der Waals surface area contributed by atoms with Crippen LogP contribution in [0.15, 0.2) is 0 Å². The number of ether oxygens (including phenoxy) is 1. The van der Waals surface area contributed by atoms with Gasteiger partial charge in [-0.25, -0.2) is 8.78 Å². The third kappa shape index (κ3) is 4.37. The van der Waals surface area contributed by atoms with Gasteiger partial charge in [-0.1, -0.05) is 0 Å². The van der Waals surface area contributed by atoms with Crippen LogP contribution in [0.5, 0.6) is 0 Å². The fraction of sp³-hybridized carbons (Fsp3) is 1.00. The summed E-state index contributed by atoms with van der Waals surface area (Å²) >= 11 is 0. The second-order valence-corrected chi connectivity index (χ2v) is 5.06. The van der Waals surface area contributed by atoms with Gasteiger partial charge in [0.05, 0.1) is 0 Å². The van der Waals surface area contributed by atoms with Gasteiger partial charge in [-0.2, -0.15) is 39.5 Å². The summed E-state index contributed by atoms with van der Waals surface area (Å²) in [5.74, 6) is 0. The summed E-state index contributed by atoms with van der Waals surface area (Å²) in [6, 6.07) is 0. The highest BCUT2D eigenvalue weighted by molar-refractivity contribution is 4.95. The van der Waals surface area contributed by atoms with Gasteiger partial charge in [0, 0.05) is 13.1 Å². The molecule has 0 saturated carbocycles.